The van der Waals surface area contributed by atoms with E-state index in [1.807, 2.05) is 35.1 Å². The van der Waals surface area contributed by atoms with Crippen LogP contribution in [0.25, 0.3) is 11.3 Å². The van der Waals surface area contributed by atoms with Crippen molar-refractivity contribution in [2.75, 3.05) is 25.5 Å². The number of carbonyl (C=O) groups is 1. The van der Waals surface area contributed by atoms with E-state index >= 15 is 0 Å². The van der Waals surface area contributed by atoms with Crippen molar-refractivity contribution in [1.82, 2.24) is 20.3 Å². The molecule has 1 amide bonds. The van der Waals surface area contributed by atoms with Crippen molar-refractivity contribution in [2.45, 2.75) is 31.9 Å². The Bertz CT molecular complexity index is 679. The molecule has 1 aliphatic rings. The van der Waals surface area contributed by atoms with Crippen molar-refractivity contribution in [3.05, 3.63) is 30.5 Å². The zero-order valence-electron chi connectivity index (χ0n) is 13.9. The summed E-state index contributed by atoms with van der Waals surface area (Å²) in [6.45, 7) is 1.84. The third-order valence-electron chi connectivity index (χ3n) is 3.98. The van der Waals surface area contributed by atoms with E-state index in [-0.39, 0.29) is 18.6 Å². The van der Waals surface area contributed by atoms with Gasteiger partial charge in [-0.2, -0.15) is 0 Å². The first kappa shape index (κ1) is 16.6. The van der Waals surface area contributed by atoms with E-state index in [4.69, 9.17) is 4.74 Å². The first-order valence-electron chi connectivity index (χ1n) is 8.31. The Morgan fingerprint density at radius 2 is 2.33 bits per heavy atom. The van der Waals surface area contributed by atoms with Crippen LogP contribution < -0.4 is 10.6 Å². The molecule has 1 unspecified atom stereocenters. The summed E-state index contributed by atoms with van der Waals surface area (Å²) in [7, 11) is 1.74. The predicted octanol–water partition coefficient (Wildman–Crippen LogP) is 1.67. The number of hydrogen-bond acceptors (Lipinski definition) is 5. The van der Waals surface area contributed by atoms with Crippen molar-refractivity contribution in [1.29, 1.82) is 0 Å². The van der Waals surface area contributed by atoms with Crippen LogP contribution in [0.15, 0.2) is 30.5 Å². The summed E-state index contributed by atoms with van der Waals surface area (Å²) in [5.41, 5.74) is 2.46. The molecule has 24 heavy (non-hydrogen) atoms. The van der Waals surface area contributed by atoms with Gasteiger partial charge < -0.3 is 15.4 Å². The predicted molar refractivity (Wildman–Crippen MR) is 91.6 cm³/mol. The van der Waals surface area contributed by atoms with E-state index in [0.29, 0.717) is 0 Å². The van der Waals surface area contributed by atoms with Gasteiger partial charge in [-0.05, 0) is 38.4 Å². The number of likely N-dealkylation sites (N-methyl/N-ethyl adjacent to an activating group) is 1. The molecule has 0 saturated carbocycles. The topological polar surface area (TPSA) is 81.1 Å². The number of aromatic nitrogens is 3. The molecule has 2 aromatic rings. The minimum atomic E-state index is -0.0762. The summed E-state index contributed by atoms with van der Waals surface area (Å²) >= 11 is 0. The summed E-state index contributed by atoms with van der Waals surface area (Å²) in [5.74, 6) is -0.0762. The van der Waals surface area contributed by atoms with Crippen LogP contribution in [0.5, 0.6) is 0 Å². The fourth-order valence-corrected chi connectivity index (χ4v) is 2.80. The molecule has 2 heterocycles. The first-order valence-corrected chi connectivity index (χ1v) is 8.31. The molecule has 1 aliphatic heterocycles. The summed E-state index contributed by atoms with van der Waals surface area (Å²) in [6, 6.07) is 7.61. The zero-order valence-corrected chi connectivity index (χ0v) is 13.9. The smallest absolute Gasteiger partial charge is 0.238 e. The molecule has 0 aliphatic carbocycles. The molecule has 7 nitrogen and oxygen atoms in total. The standard InChI is InChI=1S/C17H23N5O2/c1-18-10-17(23)19-14-6-4-5-13(9-14)16-12-22(21-20-16)11-15-7-2-3-8-24-15/h4-6,9,12,15,18H,2-3,7-8,10-11H2,1H3,(H,19,23). The Morgan fingerprint density at radius 1 is 1.42 bits per heavy atom. The van der Waals surface area contributed by atoms with Gasteiger partial charge in [0.25, 0.3) is 0 Å². The highest BCUT2D eigenvalue weighted by Gasteiger charge is 2.15. The lowest BCUT2D eigenvalue weighted by molar-refractivity contribution is -0.115. The number of carbonyl (C=O) groups excluding carboxylic acids is 1. The molecular formula is C17H23N5O2. The normalized spacial score (nSPS) is 17.6. The number of rotatable bonds is 6. The Labute approximate surface area is 141 Å². The number of ether oxygens (including phenoxy) is 1. The Morgan fingerprint density at radius 3 is 3.12 bits per heavy atom. The summed E-state index contributed by atoms with van der Waals surface area (Å²) in [6.07, 6.45) is 5.57. The van der Waals surface area contributed by atoms with Crippen LogP contribution in [-0.4, -0.2) is 47.2 Å². The Balaban J connectivity index is 1.67. The lowest BCUT2D eigenvalue weighted by Gasteiger charge is -2.21. The second-order valence-corrected chi connectivity index (χ2v) is 5.97. The van der Waals surface area contributed by atoms with Crippen LogP contribution in [0.2, 0.25) is 0 Å². The van der Waals surface area contributed by atoms with Gasteiger partial charge in [0.1, 0.15) is 5.69 Å². The van der Waals surface area contributed by atoms with Gasteiger partial charge in [0.2, 0.25) is 5.91 Å². The number of nitrogens with zero attached hydrogens (tertiary/aromatic N) is 3. The first-order chi connectivity index (χ1) is 11.7. The van der Waals surface area contributed by atoms with E-state index in [2.05, 4.69) is 20.9 Å². The van der Waals surface area contributed by atoms with E-state index in [0.717, 1.165) is 42.9 Å². The van der Waals surface area contributed by atoms with Gasteiger partial charge in [-0.25, -0.2) is 4.68 Å². The third kappa shape index (κ3) is 4.39. The molecule has 1 aromatic heterocycles. The van der Waals surface area contributed by atoms with Crippen molar-refractivity contribution in [3.8, 4) is 11.3 Å². The highest BCUT2D eigenvalue weighted by atomic mass is 16.5. The van der Waals surface area contributed by atoms with E-state index < -0.39 is 0 Å². The number of nitrogens with one attached hydrogen (secondary N) is 2. The highest BCUT2D eigenvalue weighted by Crippen LogP contribution is 2.21. The number of anilines is 1. The fraction of sp³-hybridized carbons (Fsp3) is 0.471. The van der Waals surface area contributed by atoms with Crippen LogP contribution in [-0.2, 0) is 16.1 Å². The maximum absolute atomic E-state index is 11.7. The van der Waals surface area contributed by atoms with Gasteiger partial charge >= 0.3 is 0 Å². The molecule has 3 rings (SSSR count). The van der Waals surface area contributed by atoms with E-state index in [9.17, 15) is 4.79 Å². The van der Waals surface area contributed by atoms with Crippen LogP contribution in [0, 0.1) is 0 Å². The van der Waals surface area contributed by atoms with E-state index in [1.54, 1.807) is 7.05 Å². The number of hydrogen-bond donors (Lipinski definition) is 2. The second kappa shape index (κ2) is 8.03. The maximum atomic E-state index is 11.7. The molecule has 1 fully saturated rings. The summed E-state index contributed by atoms with van der Waals surface area (Å²) < 4.78 is 7.57. The Hall–Kier alpha value is -2.25. The minimum Gasteiger partial charge on any atom is -0.376 e. The summed E-state index contributed by atoms with van der Waals surface area (Å²) in [4.78, 5) is 11.7. The van der Waals surface area contributed by atoms with Gasteiger partial charge in [-0.1, -0.05) is 17.3 Å². The quantitative estimate of drug-likeness (QED) is 0.842. The Kier molecular flexibility index (Phi) is 5.55. The van der Waals surface area contributed by atoms with Gasteiger partial charge in [-0.3, -0.25) is 4.79 Å². The van der Waals surface area contributed by atoms with Crippen LogP contribution in [0.3, 0.4) is 0 Å². The average molecular weight is 329 g/mol. The highest BCUT2D eigenvalue weighted by molar-refractivity contribution is 5.92. The second-order valence-electron chi connectivity index (χ2n) is 5.97. The molecular weight excluding hydrogens is 306 g/mol. The largest absolute Gasteiger partial charge is 0.376 e. The van der Waals surface area contributed by atoms with Gasteiger partial charge in [0, 0.05) is 17.9 Å². The van der Waals surface area contributed by atoms with Gasteiger partial charge in [0.05, 0.1) is 25.4 Å². The van der Waals surface area contributed by atoms with E-state index in [1.165, 1.54) is 6.42 Å². The summed E-state index contributed by atoms with van der Waals surface area (Å²) in [5, 5.41) is 14.1. The molecule has 2 N–H and O–H groups in total. The van der Waals surface area contributed by atoms with Crippen LogP contribution in [0.4, 0.5) is 5.69 Å². The number of amides is 1. The van der Waals surface area contributed by atoms with Crippen LogP contribution in [0.1, 0.15) is 19.3 Å². The molecule has 1 aromatic carbocycles. The zero-order chi connectivity index (χ0) is 16.8. The molecule has 1 atom stereocenters. The monoisotopic (exact) mass is 329 g/mol. The van der Waals surface area contributed by atoms with Gasteiger partial charge in [0.15, 0.2) is 0 Å². The van der Waals surface area contributed by atoms with Crippen molar-refractivity contribution >= 4 is 11.6 Å². The molecule has 1 saturated heterocycles. The fourth-order valence-electron chi connectivity index (χ4n) is 2.80. The van der Waals surface area contributed by atoms with Crippen molar-refractivity contribution in [2.24, 2.45) is 0 Å². The lowest BCUT2D eigenvalue weighted by atomic mass is 10.1. The SMILES string of the molecule is CNCC(=O)Nc1cccc(-c2cn(CC3CCCCO3)nn2)c1. The van der Waals surface area contributed by atoms with Crippen LogP contribution >= 0.6 is 0 Å². The minimum absolute atomic E-state index is 0.0762. The van der Waals surface area contributed by atoms with Crippen molar-refractivity contribution < 1.29 is 9.53 Å². The molecule has 0 bridgehead atoms. The van der Waals surface area contributed by atoms with Gasteiger partial charge in [-0.15, -0.1) is 5.10 Å². The lowest BCUT2D eigenvalue weighted by Crippen LogP contribution is -2.25. The molecule has 128 valence electrons. The average Bonchev–Trinajstić information content (AvgIpc) is 3.05. The third-order valence-corrected chi connectivity index (χ3v) is 3.98. The maximum Gasteiger partial charge on any atom is 0.238 e. The van der Waals surface area contributed by atoms with Crippen molar-refractivity contribution in [3.63, 3.8) is 0 Å². The number of benzene rings is 1. The molecule has 0 spiro atoms. The molecule has 0 radical (unpaired) electrons. The molecule has 7 heteroatoms.